The summed E-state index contributed by atoms with van der Waals surface area (Å²) in [7, 11) is 0. The van der Waals surface area contributed by atoms with Crippen LogP contribution in [-0.4, -0.2) is 22.1 Å². The lowest BCUT2D eigenvalue weighted by atomic mass is 10.0. The van der Waals surface area contributed by atoms with Crippen molar-refractivity contribution in [2.75, 3.05) is 4.90 Å². The van der Waals surface area contributed by atoms with Gasteiger partial charge in [0.2, 0.25) is 5.28 Å². The molecule has 1 amide bonds. The van der Waals surface area contributed by atoms with E-state index in [1.54, 1.807) is 6.07 Å². The second kappa shape index (κ2) is 5.09. The molecule has 2 aromatic rings. The van der Waals surface area contributed by atoms with Crippen molar-refractivity contribution in [3.05, 3.63) is 53.4 Å². The summed E-state index contributed by atoms with van der Waals surface area (Å²) in [5, 5.41) is 0.102. The molecule has 0 radical (unpaired) electrons. The van der Waals surface area contributed by atoms with Crippen LogP contribution in [0.1, 0.15) is 18.6 Å². The minimum Gasteiger partial charge on any atom is -0.439 e. The summed E-state index contributed by atoms with van der Waals surface area (Å²) in [4.78, 5) is 21.4. The van der Waals surface area contributed by atoms with Gasteiger partial charge in [0.05, 0.1) is 6.04 Å². The van der Waals surface area contributed by atoms with Crippen LogP contribution in [0.5, 0.6) is 0 Å². The third kappa shape index (κ3) is 2.20. The fourth-order valence-corrected chi connectivity index (χ4v) is 2.46. The van der Waals surface area contributed by atoms with Gasteiger partial charge in [-0.15, -0.1) is 0 Å². The van der Waals surface area contributed by atoms with Gasteiger partial charge in [0.1, 0.15) is 11.9 Å². The Morgan fingerprint density at radius 3 is 2.70 bits per heavy atom. The Morgan fingerprint density at radius 1 is 1.25 bits per heavy atom. The zero-order valence-electron chi connectivity index (χ0n) is 10.7. The molecule has 20 heavy (non-hydrogen) atoms. The molecule has 0 bridgehead atoms. The molecular weight excluding hydrogens is 278 g/mol. The highest BCUT2D eigenvalue weighted by molar-refractivity contribution is 6.28. The van der Waals surface area contributed by atoms with Gasteiger partial charge in [-0.1, -0.05) is 30.3 Å². The van der Waals surface area contributed by atoms with Crippen LogP contribution >= 0.6 is 11.6 Å². The minimum absolute atomic E-state index is 0.102. The van der Waals surface area contributed by atoms with E-state index in [1.165, 1.54) is 11.1 Å². The first-order valence-corrected chi connectivity index (χ1v) is 6.58. The Bertz CT molecular complexity index is 635. The first-order valence-electron chi connectivity index (χ1n) is 6.20. The molecule has 1 aliphatic rings. The Labute approximate surface area is 121 Å². The van der Waals surface area contributed by atoms with Crippen LogP contribution in [0.2, 0.25) is 5.28 Å². The summed E-state index contributed by atoms with van der Waals surface area (Å²) in [6.07, 6.45) is 0.763. The van der Waals surface area contributed by atoms with E-state index in [0.717, 1.165) is 5.56 Å². The van der Waals surface area contributed by atoms with Gasteiger partial charge in [-0.2, -0.15) is 0 Å². The van der Waals surface area contributed by atoms with Crippen molar-refractivity contribution in [3.63, 3.8) is 0 Å². The van der Waals surface area contributed by atoms with Crippen molar-refractivity contribution in [3.8, 4) is 0 Å². The minimum atomic E-state index is -0.430. The maximum atomic E-state index is 12.1. The van der Waals surface area contributed by atoms with Crippen molar-refractivity contribution in [1.29, 1.82) is 0 Å². The number of ether oxygens (including phenoxy) is 1. The number of hydrogen-bond acceptors (Lipinski definition) is 4. The average Bonchev–Trinajstić information content (AvgIpc) is 2.75. The number of anilines is 1. The molecule has 0 aliphatic carbocycles. The molecule has 2 heterocycles. The quantitative estimate of drug-likeness (QED) is 0.797. The molecule has 0 N–H and O–H groups in total. The zero-order valence-corrected chi connectivity index (χ0v) is 11.5. The molecule has 3 rings (SSSR count). The van der Waals surface area contributed by atoms with Crippen LogP contribution < -0.4 is 4.90 Å². The van der Waals surface area contributed by atoms with Crippen molar-refractivity contribution in [1.82, 2.24) is 9.97 Å². The van der Waals surface area contributed by atoms with Crippen LogP contribution in [0.15, 0.2) is 42.6 Å². The predicted molar refractivity (Wildman–Crippen MR) is 74.6 cm³/mol. The summed E-state index contributed by atoms with van der Waals surface area (Å²) in [5.41, 5.74) is 0.955. The van der Waals surface area contributed by atoms with Gasteiger partial charge in [0, 0.05) is 6.20 Å². The molecule has 1 aromatic carbocycles. The summed E-state index contributed by atoms with van der Waals surface area (Å²) in [6, 6.07) is 11.1. The van der Waals surface area contributed by atoms with E-state index in [9.17, 15) is 4.79 Å². The molecule has 1 fully saturated rings. The van der Waals surface area contributed by atoms with Gasteiger partial charge in [-0.25, -0.2) is 14.8 Å². The maximum Gasteiger partial charge on any atom is 0.416 e. The number of carbonyl (C=O) groups excluding carboxylic acids is 1. The van der Waals surface area contributed by atoms with Crippen LogP contribution in [0, 0.1) is 0 Å². The fraction of sp³-hybridized carbons (Fsp3) is 0.214. The highest BCUT2D eigenvalue weighted by atomic mass is 35.5. The standard InChI is InChI=1S/C14H12ClN3O2/c1-9-12(10-5-3-2-4-6-10)20-14(19)18(9)11-7-8-16-13(15)17-11/h2-9,12H,1H3/t9-,12-/m0/s1. The Morgan fingerprint density at radius 2 is 2.00 bits per heavy atom. The van der Waals surface area contributed by atoms with E-state index in [1.807, 2.05) is 37.3 Å². The van der Waals surface area contributed by atoms with Gasteiger partial charge in [-0.3, -0.25) is 4.90 Å². The third-order valence-corrected chi connectivity index (χ3v) is 3.44. The number of cyclic esters (lactones) is 1. The number of hydrogen-bond donors (Lipinski definition) is 0. The molecule has 0 unspecified atom stereocenters. The lowest BCUT2D eigenvalue weighted by Gasteiger charge is -2.19. The van der Waals surface area contributed by atoms with E-state index in [2.05, 4.69) is 9.97 Å². The van der Waals surface area contributed by atoms with Crippen LogP contribution in [0.25, 0.3) is 0 Å². The molecule has 1 aromatic heterocycles. The number of amides is 1. The van der Waals surface area contributed by atoms with E-state index in [-0.39, 0.29) is 17.4 Å². The molecule has 0 saturated carbocycles. The van der Waals surface area contributed by atoms with Crippen LogP contribution in [0.3, 0.4) is 0 Å². The van der Waals surface area contributed by atoms with Crippen LogP contribution in [0.4, 0.5) is 10.6 Å². The Kier molecular flexibility index (Phi) is 3.28. The van der Waals surface area contributed by atoms with Crippen molar-refractivity contribution >= 4 is 23.5 Å². The van der Waals surface area contributed by atoms with Crippen molar-refractivity contribution < 1.29 is 9.53 Å². The summed E-state index contributed by atoms with van der Waals surface area (Å²) in [6.45, 7) is 1.92. The number of rotatable bonds is 2. The van der Waals surface area contributed by atoms with E-state index >= 15 is 0 Å². The van der Waals surface area contributed by atoms with Gasteiger partial charge >= 0.3 is 6.09 Å². The normalized spacial score (nSPS) is 21.9. The Hall–Kier alpha value is -2.14. The van der Waals surface area contributed by atoms with Gasteiger partial charge in [0.25, 0.3) is 0 Å². The monoisotopic (exact) mass is 289 g/mol. The zero-order chi connectivity index (χ0) is 14.1. The number of benzene rings is 1. The van der Waals surface area contributed by atoms with Gasteiger partial charge in [-0.05, 0) is 30.2 Å². The fourth-order valence-electron chi connectivity index (χ4n) is 2.32. The number of carbonyl (C=O) groups is 1. The van der Waals surface area contributed by atoms with Crippen molar-refractivity contribution in [2.45, 2.75) is 19.1 Å². The van der Waals surface area contributed by atoms with Gasteiger partial charge < -0.3 is 4.74 Å². The number of nitrogens with zero attached hydrogens (tertiary/aromatic N) is 3. The van der Waals surface area contributed by atoms with E-state index in [4.69, 9.17) is 16.3 Å². The van der Waals surface area contributed by atoms with Gasteiger partial charge in [0.15, 0.2) is 0 Å². The molecular formula is C14H12ClN3O2. The lowest BCUT2D eigenvalue weighted by Crippen LogP contribution is -2.32. The summed E-state index contributed by atoms with van der Waals surface area (Å²) >= 11 is 5.77. The topological polar surface area (TPSA) is 55.3 Å². The largest absolute Gasteiger partial charge is 0.439 e. The second-order valence-corrected chi connectivity index (χ2v) is 4.85. The predicted octanol–water partition coefficient (Wildman–Crippen LogP) is 3.22. The molecule has 2 atom stereocenters. The molecule has 0 spiro atoms. The van der Waals surface area contributed by atoms with Crippen LogP contribution in [-0.2, 0) is 4.74 Å². The Balaban J connectivity index is 1.93. The highest BCUT2D eigenvalue weighted by Crippen LogP contribution is 2.34. The first kappa shape index (κ1) is 12.9. The average molecular weight is 290 g/mol. The number of halogens is 1. The number of aromatic nitrogens is 2. The third-order valence-electron chi connectivity index (χ3n) is 3.26. The second-order valence-electron chi connectivity index (χ2n) is 4.51. The smallest absolute Gasteiger partial charge is 0.416 e. The molecule has 1 saturated heterocycles. The SMILES string of the molecule is C[C@H]1[C@@H](c2ccccc2)OC(=O)N1c1ccnc(Cl)n1. The first-order chi connectivity index (χ1) is 9.66. The highest BCUT2D eigenvalue weighted by Gasteiger charge is 2.41. The van der Waals surface area contributed by atoms with E-state index in [0.29, 0.717) is 5.82 Å². The molecule has 5 nitrogen and oxygen atoms in total. The summed E-state index contributed by atoms with van der Waals surface area (Å²) < 4.78 is 5.45. The molecule has 1 aliphatic heterocycles. The summed E-state index contributed by atoms with van der Waals surface area (Å²) in [5.74, 6) is 0.445. The van der Waals surface area contributed by atoms with Crippen molar-refractivity contribution in [2.24, 2.45) is 0 Å². The molecule has 6 heteroatoms. The maximum absolute atomic E-state index is 12.1. The van der Waals surface area contributed by atoms with E-state index < -0.39 is 6.09 Å². The lowest BCUT2D eigenvalue weighted by molar-refractivity contribution is 0.134. The molecule has 102 valence electrons.